The summed E-state index contributed by atoms with van der Waals surface area (Å²) in [6, 6.07) is 0. The van der Waals surface area contributed by atoms with Crippen LogP contribution in [0.3, 0.4) is 0 Å². The summed E-state index contributed by atoms with van der Waals surface area (Å²) in [5.41, 5.74) is 0. The van der Waals surface area contributed by atoms with E-state index in [-0.39, 0.29) is 0 Å². The molecule has 1 rings (SSSR count). The van der Waals surface area contributed by atoms with Gasteiger partial charge in [-0.2, -0.15) is 5.10 Å². The molecule has 1 N–H and O–H groups in total. The first-order valence-corrected chi connectivity index (χ1v) is 6.58. The number of nitrogens with one attached hydrogen (secondary N) is 1. The first-order chi connectivity index (χ1) is 8.00. The van der Waals surface area contributed by atoms with E-state index in [1.54, 1.807) is 6.33 Å². The molecule has 0 fully saturated rings. The predicted octanol–water partition coefficient (Wildman–Crippen LogP) is 2.32. The van der Waals surface area contributed by atoms with E-state index in [1.807, 2.05) is 4.68 Å². The highest BCUT2D eigenvalue weighted by Crippen LogP contribution is 2.08. The third-order valence-electron chi connectivity index (χ3n) is 3.12. The summed E-state index contributed by atoms with van der Waals surface area (Å²) in [7, 11) is 0. The minimum atomic E-state index is 0.602. The maximum absolute atomic E-state index is 4.30. The molecule has 0 bridgehead atoms. The number of rotatable bonds is 7. The van der Waals surface area contributed by atoms with Crippen molar-refractivity contribution in [2.45, 2.75) is 47.7 Å². The second-order valence-corrected chi connectivity index (χ2v) is 5.60. The van der Waals surface area contributed by atoms with Gasteiger partial charge in [0.25, 0.3) is 0 Å². The van der Waals surface area contributed by atoms with Crippen molar-refractivity contribution in [2.75, 3.05) is 6.54 Å². The molecule has 0 saturated heterocycles. The first kappa shape index (κ1) is 14.2. The zero-order valence-electron chi connectivity index (χ0n) is 11.8. The standard InChI is InChI=1S/C13H26N4/c1-10(2)8-17-13(15-9-16-17)7-14-6-12(5)11(3)4/h9-12,14H,6-8H2,1-5H3. The van der Waals surface area contributed by atoms with Crippen LogP contribution in [-0.2, 0) is 13.1 Å². The molecule has 17 heavy (non-hydrogen) atoms. The zero-order valence-corrected chi connectivity index (χ0v) is 11.8. The van der Waals surface area contributed by atoms with Gasteiger partial charge in [-0.25, -0.2) is 9.67 Å². The first-order valence-electron chi connectivity index (χ1n) is 6.58. The highest BCUT2D eigenvalue weighted by molar-refractivity contribution is 4.84. The van der Waals surface area contributed by atoms with E-state index in [9.17, 15) is 0 Å². The smallest absolute Gasteiger partial charge is 0.140 e. The van der Waals surface area contributed by atoms with Crippen molar-refractivity contribution in [2.24, 2.45) is 17.8 Å². The van der Waals surface area contributed by atoms with E-state index >= 15 is 0 Å². The maximum atomic E-state index is 4.30. The fourth-order valence-electron chi connectivity index (χ4n) is 1.57. The summed E-state index contributed by atoms with van der Waals surface area (Å²) < 4.78 is 2.00. The summed E-state index contributed by atoms with van der Waals surface area (Å²) in [5.74, 6) is 3.05. The highest BCUT2D eigenvalue weighted by Gasteiger charge is 2.09. The third kappa shape index (κ3) is 4.86. The molecule has 98 valence electrons. The third-order valence-corrected chi connectivity index (χ3v) is 3.12. The summed E-state index contributed by atoms with van der Waals surface area (Å²) >= 11 is 0. The Morgan fingerprint density at radius 2 is 1.94 bits per heavy atom. The molecular formula is C13H26N4. The number of hydrogen-bond donors (Lipinski definition) is 1. The van der Waals surface area contributed by atoms with Crippen LogP contribution in [0, 0.1) is 17.8 Å². The molecule has 1 heterocycles. The van der Waals surface area contributed by atoms with Gasteiger partial charge < -0.3 is 5.32 Å². The molecule has 0 aliphatic carbocycles. The lowest BCUT2D eigenvalue weighted by Crippen LogP contribution is -2.25. The summed E-state index contributed by atoms with van der Waals surface area (Å²) in [6.07, 6.45) is 1.64. The van der Waals surface area contributed by atoms with Gasteiger partial charge in [0.15, 0.2) is 0 Å². The normalized spacial score (nSPS) is 13.6. The van der Waals surface area contributed by atoms with Gasteiger partial charge in [0.05, 0.1) is 6.54 Å². The van der Waals surface area contributed by atoms with Crippen LogP contribution in [0.2, 0.25) is 0 Å². The number of aromatic nitrogens is 3. The molecule has 0 aliphatic heterocycles. The molecule has 0 saturated carbocycles. The van der Waals surface area contributed by atoms with Crippen LogP contribution in [0.1, 0.15) is 40.4 Å². The van der Waals surface area contributed by atoms with E-state index in [4.69, 9.17) is 0 Å². The summed E-state index contributed by atoms with van der Waals surface area (Å²) in [5, 5.41) is 7.71. The van der Waals surface area contributed by atoms with Gasteiger partial charge in [0.2, 0.25) is 0 Å². The number of nitrogens with zero attached hydrogens (tertiary/aromatic N) is 3. The van der Waals surface area contributed by atoms with Crippen molar-refractivity contribution in [1.29, 1.82) is 0 Å². The Kier molecular flexibility index (Phi) is 5.62. The van der Waals surface area contributed by atoms with Crippen LogP contribution >= 0.6 is 0 Å². The predicted molar refractivity (Wildman–Crippen MR) is 70.6 cm³/mol. The lowest BCUT2D eigenvalue weighted by molar-refractivity contribution is 0.384. The number of hydrogen-bond acceptors (Lipinski definition) is 3. The van der Waals surface area contributed by atoms with Crippen LogP contribution < -0.4 is 5.32 Å². The Bertz CT molecular complexity index is 317. The fraction of sp³-hybridized carbons (Fsp3) is 0.846. The summed E-state index contributed by atoms with van der Waals surface area (Å²) in [6.45, 7) is 14.0. The molecule has 1 aromatic rings. The van der Waals surface area contributed by atoms with E-state index < -0.39 is 0 Å². The van der Waals surface area contributed by atoms with E-state index in [0.29, 0.717) is 11.8 Å². The highest BCUT2D eigenvalue weighted by atomic mass is 15.3. The van der Waals surface area contributed by atoms with Crippen molar-refractivity contribution in [3.05, 3.63) is 12.2 Å². The van der Waals surface area contributed by atoms with Crippen LogP contribution in [-0.4, -0.2) is 21.3 Å². The minimum Gasteiger partial charge on any atom is -0.310 e. The Balaban J connectivity index is 2.39. The largest absolute Gasteiger partial charge is 0.310 e. The van der Waals surface area contributed by atoms with Gasteiger partial charge >= 0.3 is 0 Å². The van der Waals surface area contributed by atoms with Gasteiger partial charge in [0, 0.05) is 6.54 Å². The van der Waals surface area contributed by atoms with Crippen LogP contribution in [0.5, 0.6) is 0 Å². The van der Waals surface area contributed by atoms with E-state index in [0.717, 1.165) is 31.4 Å². The molecule has 1 unspecified atom stereocenters. The lowest BCUT2D eigenvalue weighted by atomic mass is 9.98. The van der Waals surface area contributed by atoms with Crippen molar-refractivity contribution in [1.82, 2.24) is 20.1 Å². The fourth-order valence-corrected chi connectivity index (χ4v) is 1.57. The molecule has 0 amide bonds. The van der Waals surface area contributed by atoms with Crippen LogP contribution in [0.4, 0.5) is 0 Å². The molecular weight excluding hydrogens is 212 g/mol. The van der Waals surface area contributed by atoms with Crippen LogP contribution in [0.25, 0.3) is 0 Å². The van der Waals surface area contributed by atoms with Gasteiger partial charge in [-0.3, -0.25) is 0 Å². The molecule has 1 atom stereocenters. The summed E-state index contributed by atoms with van der Waals surface area (Å²) in [4.78, 5) is 4.30. The lowest BCUT2D eigenvalue weighted by Gasteiger charge is -2.16. The van der Waals surface area contributed by atoms with Crippen molar-refractivity contribution < 1.29 is 0 Å². The molecule has 1 aromatic heterocycles. The molecule has 0 spiro atoms. The average molecular weight is 238 g/mol. The van der Waals surface area contributed by atoms with Crippen molar-refractivity contribution in [3.8, 4) is 0 Å². The molecule has 0 radical (unpaired) electrons. The average Bonchev–Trinajstić information content (AvgIpc) is 2.64. The Morgan fingerprint density at radius 1 is 1.24 bits per heavy atom. The molecule has 4 heteroatoms. The van der Waals surface area contributed by atoms with Gasteiger partial charge in [-0.15, -0.1) is 0 Å². The molecule has 0 aromatic carbocycles. The Labute approximate surface area is 105 Å². The van der Waals surface area contributed by atoms with Gasteiger partial charge in [-0.1, -0.05) is 34.6 Å². The SMILES string of the molecule is CC(C)Cn1ncnc1CNCC(C)C(C)C. The zero-order chi connectivity index (χ0) is 12.8. The second-order valence-electron chi connectivity index (χ2n) is 5.60. The van der Waals surface area contributed by atoms with Crippen LogP contribution in [0.15, 0.2) is 6.33 Å². The monoisotopic (exact) mass is 238 g/mol. The van der Waals surface area contributed by atoms with Gasteiger partial charge in [0.1, 0.15) is 12.2 Å². The minimum absolute atomic E-state index is 0.602. The topological polar surface area (TPSA) is 42.7 Å². The van der Waals surface area contributed by atoms with Gasteiger partial charge in [-0.05, 0) is 24.3 Å². The quantitative estimate of drug-likeness (QED) is 0.792. The molecule has 0 aliphatic rings. The van der Waals surface area contributed by atoms with Crippen molar-refractivity contribution in [3.63, 3.8) is 0 Å². The Morgan fingerprint density at radius 3 is 2.53 bits per heavy atom. The van der Waals surface area contributed by atoms with Crippen molar-refractivity contribution >= 4 is 0 Å². The van der Waals surface area contributed by atoms with E-state index in [2.05, 4.69) is 50.0 Å². The second kappa shape index (κ2) is 6.74. The molecule has 4 nitrogen and oxygen atoms in total. The Hall–Kier alpha value is -0.900. The maximum Gasteiger partial charge on any atom is 0.140 e. The van der Waals surface area contributed by atoms with E-state index in [1.165, 1.54) is 0 Å².